The number of aromatic hydroxyl groups is 1. The fourth-order valence-corrected chi connectivity index (χ4v) is 4.35. The van der Waals surface area contributed by atoms with E-state index in [0.29, 0.717) is 6.42 Å². The lowest BCUT2D eigenvalue weighted by Gasteiger charge is -2.34. The van der Waals surface area contributed by atoms with Gasteiger partial charge >= 0.3 is 0 Å². The highest BCUT2D eigenvalue weighted by molar-refractivity contribution is 6.04. The Bertz CT molecular complexity index is 1110. The third-order valence-electron chi connectivity index (χ3n) is 5.60. The first-order valence-corrected chi connectivity index (χ1v) is 9.34. The van der Waals surface area contributed by atoms with E-state index in [1.165, 1.54) is 0 Å². The fourth-order valence-electron chi connectivity index (χ4n) is 4.35. The van der Waals surface area contributed by atoms with Crippen molar-refractivity contribution in [3.05, 3.63) is 76.6 Å². The number of ketones is 1. The molecule has 1 unspecified atom stereocenters. The van der Waals surface area contributed by atoms with Gasteiger partial charge in [0.2, 0.25) is 0 Å². The van der Waals surface area contributed by atoms with Gasteiger partial charge in [-0.2, -0.15) is 0 Å². The number of carbonyl (C=O) groups excluding carboxylic acids is 1. The van der Waals surface area contributed by atoms with E-state index in [4.69, 9.17) is 0 Å². The van der Waals surface area contributed by atoms with Crippen LogP contribution in [-0.4, -0.2) is 15.9 Å². The summed E-state index contributed by atoms with van der Waals surface area (Å²) in [5, 5.41) is 14.4. The molecular weight excluding hydrogens is 336 g/mol. The maximum atomic E-state index is 12.8. The minimum atomic E-state index is -0.115. The molecule has 1 aliphatic carbocycles. The van der Waals surface area contributed by atoms with Gasteiger partial charge < -0.3 is 10.4 Å². The average molecular weight is 356 g/mol. The lowest BCUT2D eigenvalue weighted by atomic mass is 9.75. The molecule has 2 heterocycles. The van der Waals surface area contributed by atoms with Crippen LogP contribution in [0.15, 0.2) is 59.8 Å². The maximum absolute atomic E-state index is 12.8. The molecule has 4 nitrogen and oxygen atoms in total. The van der Waals surface area contributed by atoms with E-state index >= 15 is 0 Å². The average Bonchev–Trinajstić information content (AvgIpc) is 2.67. The van der Waals surface area contributed by atoms with Crippen LogP contribution in [0.25, 0.3) is 10.9 Å². The van der Waals surface area contributed by atoms with Gasteiger partial charge in [0.1, 0.15) is 5.75 Å². The van der Waals surface area contributed by atoms with Gasteiger partial charge in [-0.25, -0.2) is 0 Å². The predicted octanol–water partition coefficient (Wildman–Crippen LogP) is 4.81. The van der Waals surface area contributed by atoms with Crippen LogP contribution in [0.1, 0.15) is 42.0 Å². The van der Waals surface area contributed by atoms with Crippen molar-refractivity contribution in [2.75, 3.05) is 5.32 Å². The molecule has 0 radical (unpaired) electrons. The number of hydrogen-bond acceptors (Lipinski definition) is 4. The highest BCUT2D eigenvalue weighted by Crippen LogP contribution is 2.47. The SMILES string of the molecule is Cc1ccc2c3c(ccc2n1)C(c1ccc(O)cc1)C1=C(CCCC1=O)N3. The summed E-state index contributed by atoms with van der Waals surface area (Å²) in [6, 6.07) is 15.5. The summed E-state index contributed by atoms with van der Waals surface area (Å²) >= 11 is 0. The van der Waals surface area contributed by atoms with E-state index in [0.717, 1.165) is 57.5 Å². The molecule has 2 aliphatic rings. The molecule has 134 valence electrons. The van der Waals surface area contributed by atoms with Crippen molar-refractivity contribution < 1.29 is 9.90 Å². The van der Waals surface area contributed by atoms with Gasteiger partial charge in [-0.1, -0.05) is 18.2 Å². The van der Waals surface area contributed by atoms with Crippen molar-refractivity contribution in [3.63, 3.8) is 0 Å². The predicted molar refractivity (Wildman–Crippen MR) is 106 cm³/mol. The number of nitrogens with one attached hydrogen (secondary N) is 1. The smallest absolute Gasteiger partial charge is 0.161 e. The number of aryl methyl sites for hydroxylation is 1. The summed E-state index contributed by atoms with van der Waals surface area (Å²) in [5.41, 5.74) is 7.01. The van der Waals surface area contributed by atoms with Gasteiger partial charge in [-0.15, -0.1) is 0 Å². The molecule has 27 heavy (non-hydrogen) atoms. The largest absolute Gasteiger partial charge is 0.508 e. The van der Waals surface area contributed by atoms with E-state index < -0.39 is 0 Å². The standard InChI is InChI=1S/C23H20N2O2/c1-13-5-10-16-18(24-13)12-11-17-21(14-6-8-15(26)9-7-14)22-19(25-23(16)17)3-2-4-20(22)27/h5-12,21,25-26H,2-4H2,1H3. The minimum Gasteiger partial charge on any atom is -0.508 e. The fraction of sp³-hybridized carbons (Fsp3) is 0.217. The molecule has 1 atom stereocenters. The summed E-state index contributed by atoms with van der Waals surface area (Å²) in [6.07, 6.45) is 2.36. The first kappa shape index (κ1) is 16.1. The number of fused-ring (bicyclic) bond motifs is 3. The van der Waals surface area contributed by atoms with Gasteiger partial charge in [0.25, 0.3) is 0 Å². The Balaban J connectivity index is 1.79. The zero-order chi connectivity index (χ0) is 18.5. The molecule has 1 aromatic heterocycles. The van der Waals surface area contributed by atoms with Gasteiger partial charge in [0, 0.05) is 34.7 Å². The van der Waals surface area contributed by atoms with E-state index in [-0.39, 0.29) is 17.5 Å². The number of Topliss-reactive ketones (excluding diaryl/α,β-unsaturated/α-hetero) is 1. The monoisotopic (exact) mass is 356 g/mol. The lowest BCUT2D eigenvalue weighted by molar-refractivity contribution is -0.116. The number of allylic oxidation sites excluding steroid dienone is 2. The number of aromatic nitrogens is 1. The number of benzene rings is 2. The molecule has 0 amide bonds. The molecule has 1 aliphatic heterocycles. The van der Waals surface area contributed by atoms with Crippen LogP contribution in [0.5, 0.6) is 5.75 Å². The van der Waals surface area contributed by atoms with Crippen LogP contribution in [0.4, 0.5) is 5.69 Å². The molecule has 2 N–H and O–H groups in total. The number of anilines is 1. The Labute approximate surface area is 157 Å². The van der Waals surface area contributed by atoms with Crippen LogP contribution < -0.4 is 5.32 Å². The summed E-state index contributed by atoms with van der Waals surface area (Å²) < 4.78 is 0. The molecule has 0 saturated heterocycles. The number of carbonyl (C=O) groups is 1. The number of rotatable bonds is 1. The quantitative estimate of drug-likeness (QED) is 0.657. The number of nitrogens with zero attached hydrogens (tertiary/aromatic N) is 1. The normalized spacial score (nSPS) is 18.9. The minimum absolute atomic E-state index is 0.115. The van der Waals surface area contributed by atoms with Crippen molar-refractivity contribution in [3.8, 4) is 5.75 Å². The molecule has 0 fully saturated rings. The Hall–Kier alpha value is -3.14. The number of phenolic OH excluding ortho intramolecular Hbond substituents is 1. The van der Waals surface area contributed by atoms with Gasteiger partial charge in [0.15, 0.2) is 5.78 Å². The highest BCUT2D eigenvalue weighted by atomic mass is 16.3. The third-order valence-corrected chi connectivity index (χ3v) is 5.60. The van der Waals surface area contributed by atoms with E-state index in [2.05, 4.69) is 22.4 Å². The van der Waals surface area contributed by atoms with Crippen molar-refractivity contribution in [1.82, 2.24) is 4.98 Å². The number of phenols is 1. The van der Waals surface area contributed by atoms with Gasteiger partial charge in [-0.3, -0.25) is 9.78 Å². The van der Waals surface area contributed by atoms with Gasteiger partial charge in [0.05, 0.1) is 11.2 Å². The second-order valence-electron chi connectivity index (χ2n) is 7.37. The molecule has 4 heteroatoms. The number of hydrogen-bond donors (Lipinski definition) is 2. The van der Waals surface area contributed by atoms with E-state index in [1.807, 2.05) is 31.2 Å². The Kier molecular flexibility index (Phi) is 3.54. The molecular formula is C23H20N2O2. The lowest BCUT2D eigenvalue weighted by Crippen LogP contribution is -2.27. The molecule has 3 aromatic rings. The van der Waals surface area contributed by atoms with E-state index in [1.54, 1.807) is 12.1 Å². The van der Waals surface area contributed by atoms with Gasteiger partial charge in [-0.05, 0) is 61.2 Å². The van der Waals surface area contributed by atoms with Crippen LogP contribution in [-0.2, 0) is 4.79 Å². The first-order chi connectivity index (χ1) is 13.1. The summed E-state index contributed by atoms with van der Waals surface area (Å²) in [5.74, 6) is 0.334. The van der Waals surface area contributed by atoms with Crippen LogP contribution in [0.3, 0.4) is 0 Å². The van der Waals surface area contributed by atoms with Crippen LogP contribution >= 0.6 is 0 Å². The maximum Gasteiger partial charge on any atom is 0.161 e. The van der Waals surface area contributed by atoms with Crippen LogP contribution in [0.2, 0.25) is 0 Å². The summed E-state index contributed by atoms with van der Waals surface area (Å²) in [7, 11) is 0. The molecule has 5 rings (SSSR count). The van der Waals surface area contributed by atoms with Crippen molar-refractivity contribution in [2.24, 2.45) is 0 Å². The first-order valence-electron chi connectivity index (χ1n) is 9.34. The number of pyridine rings is 1. The Morgan fingerprint density at radius 2 is 1.85 bits per heavy atom. The van der Waals surface area contributed by atoms with Crippen molar-refractivity contribution in [2.45, 2.75) is 32.1 Å². The second-order valence-corrected chi connectivity index (χ2v) is 7.37. The Morgan fingerprint density at radius 1 is 1.04 bits per heavy atom. The zero-order valence-corrected chi connectivity index (χ0v) is 15.1. The van der Waals surface area contributed by atoms with E-state index in [9.17, 15) is 9.90 Å². The zero-order valence-electron chi connectivity index (χ0n) is 15.1. The van der Waals surface area contributed by atoms with Crippen molar-refractivity contribution >= 4 is 22.4 Å². The summed E-state index contributed by atoms with van der Waals surface area (Å²) in [4.78, 5) is 17.5. The third kappa shape index (κ3) is 2.52. The molecule has 2 aromatic carbocycles. The second kappa shape index (κ2) is 5.95. The molecule has 0 spiro atoms. The Morgan fingerprint density at radius 3 is 2.67 bits per heavy atom. The van der Waals surface area contributed by atoms with Crippen LogP contribution in [0, 0.1) is 6.92 Å². The highest BCUT2D eigenvalue weighted by Gasteiger charge is 2.35. The summed E-state index contributed by atoms with van der Waals surface area (Å²) in [6.45, 7) is 1.99. The van der Waals surface area contributed by atoms with Crippen molar-refractivity contribution in [1.29, 1.82) is 0 Å². The molecule has 0 saturated carbocycles. The topological polar surface area (TPSA) is 62.2 Å². The molecule has 0 bridgehead atoms.